The fourth-order valence-corrected chi connectivity index (χ4v) is 1.73. The number of halogens is 1. The van der Waals surface area contributed by atoms with Gasteiger partial charge in [0.05, 0.1) is 19.4 Å². The topological polar surface area (TPSA) is 51.7 Å². The van der Waals surface area contributed by atoms with Gasteiger partial charge in [-0.3, -0.25) is 4.79 Å². The van der Waals surface area contributed by atoms with Gasteiger partial charge in [0.2, 0.25) is 0 Å². The van der Waals surface area contributed by atoms with Crippen molar-refractivity contribution in [3.8, 4) is 5.75 Å². The third kappa shape index (κ3) is 3.67. The van der Waals surface area contributed by atoms with Crippen molar-refractivity contribution in [3.63, 3.8) is 0 Å². The SMILES string of the molecule is O=C(COc1ccc(Br)nc1)N1CCOCC1. The third-order valence-corrected chi connectivity index (χ3v) is 2.90. The second-order valence-corrected chi connectivity index (χ2v) is 4.41. The van der Waals surface area contributed by atoms with Gasteiger partial charge in [0.1, 0.15) is 10.4 Å². The van der Waals surface area contributed by atoms with E-state index in [0.29, 0.717) is 32.1 Å². The molecule has 1 aliphatic heterocycles. The van der Waals surface area contributed by atoms with Crippen LogP contribution in [0.5, 0.6) is 5.75 Å². The van der Waals surface area contributed by atoms with Crippen LogP contribution in [-0.2, 0) is 9.53 Å². The maximum absolute atomic E-state index is 11.8. The summed E-state index contributed by atoms with van der Waals surface area (Å²) in [6, 6.07) is 3.54. The van der Waals surface area contributed by atoms with Crippen LogP contribution in [0.3, 0.4) is 0 Å². The Bertz CT molecular complexity index is 377. The fraction of sp³-hybridized carbons (Fsp3) is 0.455. The average molecular weight is 301 g/mol. The van der Waals surface area contributed by atoms with E-state index < -0.39 is 0 Å². The summed E-state index contributed by atoms with van der Waals surface area (Å²) in [6.07, 6.45) is 1.58. The van der Waals surface area contributed by atoms with E-state index in [1.807, 2.05) is 0 Å². The number of carbonyl (C=O) groups excluding carboxylic acids is 1. The standard InChI is InChI=1S/C11H13BrN2O3/c12-10-2-1-9(7-13-10)17-8-11(15)14-3-5-16-6-4-14/h1-2,7H,3-6,8H2. The molecule has 1 fully saturated rings. The van der Waals surface area contributed by atoms with Crippen LogP contribution in [0.2, 0.25) is 0 Å². The molecule has 5 nitrogen and oxygen atoms in total. The molecule has 1 aromatic rings. The Morgan fingerprint density at radius 1 is 1.47 bits per heavy atom. The number of hydrogen-bond donors (Lipinski definition) is 0. The molecular weight excluding hydrogens is 288 g/mol. The molecule has 0 atom stereocenters. The summed E-state index contributed by atoms with van der Waals surface area (Å²) >= 11 is 3.23. The van der Waals surface area contributed by atoms with E-state index in [9.17, 15) is 4.79 Å². The maximum atomic E-state index is 11.8. The van der Waals surface area contributed by atoms with Crippen molar-refractivity contribution in [1.82, 2.24) is 9.88 Å². The molecule has 0 saturated carbocycles. The molecule has 1 amide bonds. The number of pyridine rings is 1. The molecule has 2 heterocycles. The molecule has 0 aromatic carbocycles. The molecule has 1 aliphatic rings. The zero-order valence-electron chi connectivity index (χ0n) is 9.26. The molecule has 0 unspecified atom stereocenters. The minimum absolute atomic E-state index is 0.0174. The fourth-order valence-electron chi connectivity index (χ4n) is 1.50. The Morgan fingerprint density at radius 2 is 2.24 bits per heavy atom. The molecule has 17 heavy (non-hydrogen) atoms. The lowest BCUT2D eigenvalue weighted by molar-refractivity contribution is -0.137. The number of carbonyl (C=O) groups is 1. The minimum atomic E-state index is -0.0174. The molecule has 0 spiro atoms. The number of rotatable bonds is 3. The van der Waals surface area contributed by atoms with Crippen LogP contribution in [0.4, 0.5) is 0 Å². The summed E-state index contributed by atoms with van der Waals surface area (Å²) in [5.74, 6) is 0.575. The van der Waals surface area contributed by atoms with Crippen molar-refractivity contribution in [2.24, 2.45) is 0 Å². The average Bonchev–Trinajstić information content (AvgIpc) is 2.39. The molecule has 6 heteroatoms. The van der Waals surface area contributed by atoms with Gasteiger partial charge in [-0.1, -0.05) is 0 Å². The zero-order chi connectivity index (χ0) is 12.1. The van der Waals surface area contributed by atoms with Crippen LogP contribution in [0.1, 0.15) is 0 Å². The molecule has 92 valence electrons. The largest absolute Gasteiger partial charge is 0.482 e. The second-order valence-electron chi connectivity index (χ2n) is 3.60. The maximum Gasteiger partial charge on any atom is 0.260 e. The Kier molecular flexibility index (Phi) is 4.33. The summed E-state index contributed by atoms with van der Waals surface area (Å²) in [5.41, 5.74) is 0. The second kappa shape index (κ2) is 5.97. The van der Waals surface area contributed by atoms with Crippen LogP contribution in [0, 0.1) is 0 Å². The summed E-state index contributed by atoms with van der Waals surface area (Å²) < 4.78 is 11.3. The van der Waals surface area contributed by atoms with E-state index in [1.165, 1.54) is 0 Å². The van der Waals surface area contributed by atoms with E-state index in [4.69, 9.17) is 9.47 Å². The van der Waals surface area contributed by atoms with Gasteiger partial charge in [0, 0.05) is 13.1 Å². The van der Waals surface area contributed by atoms with Crippen molar-refractivity contribution in [2.45, 2.75) is 0 Å². The van der Waals surface area contributed by atoms with Crippen LogP contribution < -0.4 is 4.74 Å². The predicted molar refractivity (Wildman–Crippen MR) is 64.8 cm³/mol. The first-order valence-corrected chi connectivity index (χ1v) is 6.15. The normalized spacial score (nSPS) is 15.7. The minimum Gasteiger partial charge on any atom is -0.482 e. The lowest BCUT2D eigenvalue weighted by atomic mass is 10.4. The van der Waals surface area contributed by atoms with Crippen molar-refractivity contribution in [1.29, 1.82) is 0 Å². The van der Waals surface area contributed by atoms with Crippen molar-refractivity contribution in [3.05, 3.63) is 22.9 Å². The van der Waals surface area contributed by atoms with Gasteiger partial charge < -0.3 is 14.4 Å². The Balaban J connectivity index is 1.81. The van der Waals surface area contributed by atoms with Crippen molar-refractivity contribution >= 4 is 21.8 Å². The van der Waals surface area contributed by atoms with Crippen LogP contribution in [0.25, 0.3) is 0 Å². The lowest BCUT2D eigenvalue weighted by Crippen LogP contribution is -2.42. The number of amides is 1. The predicted octanol–water partition coefficient (Wildman–Crippen LogP) is 1.08. The first-order chi connectivity index (χ1) is 8.25. The molecule has 0 radical (unpaired) electrons. The van der Waals surface area contributed by atoms with Gasteiger partial charge in [0.25, 0.3) is 5.91 Å². The summed E-state index contributed by atoms with van der Waals surface area (Å²) in [4.78, 5) is 17.5. The number of ether oxygens (including phenoxy) is 2. The number of hydrogen-bond acceptors (Lipinski definition) is 4. The Hall–Kier alpha value is -1.14. The summed E-state index contributed by atoms with van der Waals surface area (Å²) in [7, 11) is 0. The van der Waals surface area contributed by atoms with Gasteiger partial charge in [-0.15, -0.1) is 0 Å². The van der Waals surface area contributed by atoms with E-state index >= 15 is 0 Å². The van der Waals surface area contributed by atoms with E-state index in [0.717, 1.165) is 4.60 Å². The molecular formula is C11H13BrN2O3. The van der Waals surface area contributed by atoms with Gasteiger partial charge in [-0.05, 0) is 28.1 Å². The quantitative estimate of drug-likeness (QED) is 0.784. The highest BCUT2D eigenvalue weighted by atomic mass is 79.9. The third-order valence-electron chi connectivity index (χ3n) is 2.43. The first-order valence-electron chi connectivity index (χ1n) is 5.35. The smallest absolute Gasteiger partial charge is 0.260 e. The first kappa shape index (κ1) is 12.3. The van der Waals surface area contributed by atoms with Crippen LogP contribution in [0.15, 0.2) is 22.9 Å². The molecule has 2 rings (SSSR count). The number of nitrogens with zero attached hydrogens (tertiary/aromatic N) is 2. The van der Waals surface area contributed by atoms with E-state index in [-0.39, 0.29) is 12.5 Å². The molecule has 1 saturated heterocycles. The Labute approximate surface area is 108 Å². The van der Waals surface area contributed by atoms with E-state index in [2.05, 4.69) is 20.9 Å². The van der Waals surface area contributed by atoms with Gasteiger partial charge in [-0.25, -0.2) is 4.98 Å². The highest BCUT2D eigenvalue weighted by Gasteiger charge is 2.16. The van der Waals surface area contributed by atoms with Crippen LogP contribution in [-0.4, -0.2) is 48.7 Å². The van der Waals surface area contributed by atoms with Crippen LogP contribution >= 0.6 is 15.9 Å². The summed E-state index contributed by atoms with van der Waals surface area (Å²) in [6.45, 7) is 2.53. The molecule has 0 aliphatic carbocycles. The zero-order valence-corrected chi connectivity index (χ0v) is 10.9. The Morgan fingerprint density at radius 3 is 2.88 bits per heavy atom. The molecule has 0 N–H and O–H groups in total. The van der Waals surface area contributed by atoms with Gasteiger partial charge in [-0.2, -0.15) is 0 Å². The van der Waals surface area contributed by atoms with Crippen molar-refractivity contribution in [2.75, 3.05) is 32.9 Å². The molecule has 1 aromatic heterocycles. The van der Waals surface area contributed by atoms with Gasteiger partial charge >= 0.3 is 0 Å². The highest BCUT2D eigenvalue weighted by molar-refractivity contribution is 9.10. The number of morpholine rings is 1. The van der Waals surface area contributed by atoms with Gasteiger partial charge in [0.15, 0.2) is 6.61 Å². The van der Waals surface area contributed by atoms with E-state index in [1.54, 1.807) is 23.2 Å². The van der Waals surface area contributed by atoms with Crippen molar-refractivity contribution < 1.29 is 14.3 Å². The number of aromatic nitrogens is 1. The highest BCUT2D eigenvalue weighted by Crippen LogP contribution is 2.12. The summed E-state index contributed by atoms with van der Waals surface area (Å²) in [5, 5.41) is 0. The lowest BCUT2D eigenvalue weighted by Gasteiger charge is -2.26. The molecule has 0 bridgehead atoms. The monoisotopic (exact) mass is 300 g/mol.